The zero-order valence-electron chi connectivity index (χ0n) is 8.31. The normalized spacial score (nSPS) is 14.7. The summed E-state index contributed by atoms with van der Waals surface area (Å²) in [4.78, 5) is 0. The SMILES string of the molecule is CCc1ccc(C#CC2CC2)c(F)c1. The summed E-state index contributed by atoms with van der Waals surface area (Å²) in [6.45, 7) is 2.02. The maximum Gasteiger partial charge on any atom is 0.139 e. The van der Waals surface area contributed by atoms with Crippen molar-refractivity contribution in [1.29, 1.82) is 0 Å². The van der Waals surface area contributed by atoms with Gasteiger partial charge in [0.15, 0.2) is 0 Å². The van der Waals surface area contributed by atoms with Crippen LogP contribution in [0.1, 0.15) is 30.9 Å². The molecule has 1 aliphatic rings. The number of hydrogen-bond donors (Lipinski definition) is 0. The quantitative estimate of drug-likeness (QED) is 0.594. The zero-order valence-corrected chi connectivity index (χ0v) is 8.31. The van der Waals surface area contributed by atoms with Crippen molar-refractivity contribution >= 4 is 0 Å². The third-order valence-electron chi connectivity index (χ3n) is 2.43. The molecule has 1 saturated carbocycles. The standard InChI is InChI=1S/C13H13F/c1-2-10-5-7-12(13(14)9-10)8-6-11-3-4-11/h5,7,9,11H,2-4H2,1H3. The topological polar surface area (TPSA) is 0 Å². The van der Waals surface area contributed by atoms with Gasteiger partial charge < -0.3 is 0 Å². The molecule has 0 nitrogen and oxygen atoms in total. The average molecular weight is 188 g/mol. The first-order valence-corrected chi connectivity index (χ1v) is 5.09. The highest BCUT2D eigenvalue weighted by Gasteiger charge is 2.17. The molecule has 1 aromatic rings. The fourth-order valence-corrected chi connectivity index (χ4v) is 1.29. The van der Waals surface area contributed by atoms with Crippen LogP contribution in [-0.4, -0.2) is 0 Å². The molecule has 0 unspecified atom stereocenters. The first kappa shape index (κ1) is 9.27. The minimum Gasteiger partial charge on any atom is -0.206 e. The number of benzene rings is 1. The van der Waals surface area contributed by atoms with Crippen LogP contribution < -0.4 is 0 Å². The second-order valence-corrected chi connectivity index (χ2v) is 3.71. The second kappa shape index (κ2) is 3.84. The van der Waals surface area contributed by atoms with Crippen molar-refractivity contribution in [1.82, 2.24) is 0 Å². The van der Waals surface area contributed by atoms with Crippen LogP contribution in [0.5, 0.6) is 0 Å². The molecule has 1 heteroatoms. The Balaban J connectivity index is 2.22. The van der Waals surface area contributed by atoms with Crippen LogP contribution in [0.4, 0.5) is 4.39 Å². The molecule has 0 bridgehead atoms. The maximum absolute atomic E-state index is 13.4. The van der Waals surface area contributed by atoms with E-state index in [1.54, 1.807) is 12.1 Å². The molecule has 0 N–H and O–H groups in total. The Morgan fingerprint density at radius 1 is 1.43 bits per heavy atom. The summed E-state index contributed by atoms with van der Waals surface area (Å²) in [5.74, 6) is 6.31. The molecular formula is C13H13F. The van der Waals surface area contributed by atoms with Gasteiger partial charge in [-0.15, -0.1) is 0 Å². The van der Waals surface area contributed by atoms with Gasteiger partial charge in [0.1, 0.15) is 5.82 Å². The van der Waals surface area contributed by atoms with Crippen LogP contribution >= 0.6 is 0 Å². The smallest absolute Gasteiger partial charge is 0.139 e. The lowest BCUT2D eigenvalue weighted by Gasteiger charge is -1.98. The van der Waals surface area contributed by atoms with Crippen molar-refractivity contribution in [3.05, 3.63) is 35.1 Å². The van der Waals surface area contributed by atoms with Gasteiger partial charge in [-0.05, 0) is 37.0 Å². The lowest BCUT2D eigenvalue weighted by atomic mass is 10.1. The summed E-state index contributed by atoms with van der Waals surface area (Å²) in [6, 6.07) is 5.31. The Bertz CT molecular complexity index is 391. The van der Waals surface area contributed by atoms with E-state index in [1.807, 2.05) is 13.0 Å². The fourth-order valence-electron chi connectivity index (χ4n) is 1.29. The van der Waals surface area contributed by atoms with Gasteiger partial charge in [0.2, 0.25) is 0 Å². The lowest BCUT2D eigenvalue weighted by molar-refractivity contribution is 0.622. The Hall–Kier alpha value is -1.29. The third-order valence-corrected chi connectivity index (χ3v) is 2.43. The van der Waals surface area contributed by atoms with Gasteiger partial charge in [-0.25, -0.2) is 4.39 Å². The molecule has 2 rings (SSSR count). The molecule has 1 fully saturated rings. The van der Waals surface area contributed by atoms with Gasteiger partial charge in [-0.1, -0.05) is 24.8 Å². The lowest BCUT2D eigenvalue weighted by Crippen LogP contribution is -1.87. The summed E-state index contributed by atoms with van der Waals surface area (Å²) >= 11 is 0. The average Bonchev–Trinajstić information content (AvgIpc) is 2.99. The van der Waals surface area contributed by atoms with Gasteiger partial charge in [0.25, 0.3) is 0 Å². The van der Waals surface area contributed by atoms with Gasteiger partial charge in [-0.2, -0.15) is 0 Å². The number of halogens is 1. The molecule has 0 heterocycles. The highest BCUT2D eigenvalue weighted by atomic mass is 19.1. The van der Waals surface area contributed by atoms with Gasteiger partial charge in [0, 0.05) is 5.92 Å². The van der Waals surface area contributed by atoms with Crippen LogP contribution in [0.25, 0.3) is 0 Å². The van der Waals surface area contributed by atoms with Crippen LogP contribution in [0.2, 0.25) is 0 Å². The van der Waals surface area contributed by atoms with E-state index in [0.717, 1.165) is 12.0 Å². The van der Waals surface area contributed by atoms with Crippen molar-refractivity contribution in [3.8, 4) is 11.8 Å². The van der Waals surface area contributed by atoms with Crippen molar-refractivity contribution in [2.45, 2.75) is 26.2 Å². The van der Waals surface area contributed by atoms with E-state index in [9.17, 15) is 4.39 Å². The summed E-state index contributed by atoms with van der Waals surface area (Å²) < 4.78 is 13.4. The minimum absolute atomic E-state index is 0.183. The molecule has 0 saturated heterocycles. The largest absolute Gasteiger partial charge is 0.206 e. The zero-order chi connectivity index (χ0) is 9.97. The highest BCUT2D eigenvalue weighted by Crippen LogP contribution is 2.27. The Kier molecular flexibility index (Phi) is 2.54. The number of aryl methyl sites for hydroxylation is 1. The summed E-state index contributed by atoms with van der Waals surface area (Å²) in [7, 11) is 0. The second-order valence-electron chi connectivity index (χ2n) is 3.71. The molecule has 0 spiro atoms. The fraction of sp³-hybridized carbons (Fsp3) is 0.385. The van der Waals surface area contributed by atoms with Crippen molar-refractivity contribution in [2.75, 3.05) is 0 Å². The van der Waals surface area contributed by atoms with E-state index in [0.29, 0.717) is 11.5 Å². The van der Waals surface area contributed by atoms with Crippen molar-refractivity contribution < 1.29 is 4.39 Å². The molecular weight excluding hydrogens is 175 g/mol. The molecule has 0 atom stereocenters. The van der Waals surface area contributed by atoms with E-state index in [2.05, 4.69) is 11.8 Å². The molecule has 0 radical (unpaired) electrons. The predicted octanol–water partition coefficient (Wildman–Crippen LogP) is 3.15. The molecule has 1 aliphatic carbocycles. The van der Waals surface area contributed by atoms with E-state index in [-0.39, 0.29) is 5.82 Å². The van der Waals surface area contributed by atoms with Crippen LogP contribution in [-0.2, 0) is 6.42 Å². The number of hydrogen-bond acceptors (Lipinski definition) is 0. The first-order chi connectivity index (χ1) is 6.79. The Morgan fingerprint density at radius 2 is 2.21 bits per heavy atom. The molecule has 72 valence electrons. The maximum atomic E-state index is 13.4. The number of rotatable bonds is 1. The molecule has 0 amide bonds. The Labute approximate surface area is 84.1 Å². The molecule has 14 heavy (non-hydrogen) atoms. The summed E-state index contributed by atoms with van der Waals surface area (Å²) in [5, 5.41) is 0. The summed E-state index contributed by atoms with van der Waals surface area (Å²) in [6.07, 6.45) is 3.23. The van der Waals surface area contributed by atoms with Crippen molar-refractivity contribution in [3.63, 3.8) is 0 Å². The van der Waals surface area contributed by atoms with E-state index in [1.165, 1.54) is 12.8 Å². The molecule has 1 aromatic carbocycles. The summed E-state index contributed by atoms with van der Waals surface area (Å²) in [5.41, 5.74) is 1.56. The van der Waals surface area contributed by atoms with Crippen LogP contribution in [0.3, 0.4) is 0 Å². The third kappa shape index (κ3) is 2.14. The van der Waals surface area contributed by atoms with Crippen LogP contribution in [0.15, 0.2) is 18.2 Å². The monoisotopic (exact) mass is 188 g/mol. The molecule has 0 aromatic heterocycles. The van der Waals surface area contributed by atoms with Crippen LogP contribution in [0, 0.1) is 23.6 Å². The predicted molar refractivity (Wildman–Crippen MR) is 55.4 cm³/mol. The van der Waals surface area contributed by atoms with Crippen molar-refractivity contribution in [2.24, 2.45) is 5.92 Å². The molecule has 0 aliphatic heterocycles. The van der Waals surface area contributed by atoms with Gasteiger partial charge >= 0.3 is 0 Å². The Morgan fingerprint density at radius 3 is 2.79 bits per heavy atom. The van der Waals surface area contributed by atoms with Gasteiger partial charge in [0.05, 0.1) is 5.56 Å². The first-order valence-electron chi connectivity index (χ1n) is 5.09. The van der Waals surface area contributed by atoms with E-state index in [4.69, 9.17) is 0 Å². The van der Waals surface area contributed by atoms with Gasteiger partial charge in [-0.3, -0.25) is 0 Å². The van der Waals surface area contributed by atoms with E-state index >= 15 is 0 Å². The highest BCUT2D eigenvalue weighted by molar-refractivity contribution is 5.38. The minimum atomic E-state index is -0.183. The van der Waals surface area contributed by atoms with E-state index < -0.39 is 0 Å².